The van der Waals surface area contributed by atoms with Gasteiger partial charge in [-0.15, -0.1) is 0 Å². The molecule has 1 aliphatic rings. The largest absolute Gasteiger partial charge is 0.508 e. The summed E-state index contributed by atoms with van der Waals surface area (Å²) in [7, 11) is 1.43. The Morgan fingerprint density at radius 2 is 1.63 bits per heavy atom. The minimum absolute atomic E-state index is 0.0188. The molecule has 0 radical (unpaired) electrons. The first-order valence-electron chi connectivity index (χ1n) is 16.5. The third kappa shape index (κ3) is 12.1. The fourth-order valence-corrected chi connectivity index (χ4v) is 5.46. The third-order valence-corrected chi connectivity index (χ3v) is 8.03. The number of phenolic OH excluding ortho intramolecular Hbond substituents is 1. The molecular weight excluding hydrogens is 633 g/mol. The molecule has 0 bridgehead atoms. The van der Waals surface area contributed by atoms with E-state index in [-0.39, 0.29) is 50.4 Å². The first-order chi connectivity index (χ1) is 22.8. The van der Waals surface area contributed by atoms with Gasteiger partial charge in [0.1, 0.15) is 35.3 Å². The highest BCUT2D eigenvalue weighted by molar-refractivity contribution is 5.94. The molecule has 12 nitrogen and oxygen atoms in total. The van der Waals surface area contributed by atoms with Gasteiger partial charge in [-0.2, -0.15) is 0 Å². The molecule has 1 fully saturated rings. The zero-order chi connectivity index (χ0) is 36.5. The van der Waals surface area contributed by atoms with Crippen LogP contribution in [0.15, 0.2) is 42.5 Å². The first-order valence-corrected chi connectivity index (χ1v) is 16.5. The van der Waals surface area contributed by atoms with Crippen molar-refractivity contribution in [2.45, 2.75) is 103 Å². The van der Waals surface area contributed by atoms with Crippen molar-refractivity contribution in [3.05, 3.63) is 65.0 Å². The Labute approximate surface area is 287 Å². The van der Waals surface area contributed by atoms with Gasteiger partial charge in [-0.3, -0.25) is 19.2 Å². The van der Waals surface area contributed by atoms with Gasteiger partial charge in [0.15, 0.2) is 0 Å². The number of aromatic hydroxyl groups is 1. The summed E-state index contributed by atoms with van der Waals surface area (Å²) in [6, 6.07) is 7.15. The Balaban J connectivity index is 1.94. The Morgan fingerprint density at radius 1 is 0.980 bits per heavy atom. The van der Waals surface area contributed by atoms with Crippen molar-refractivity contribution in [1.29, 1.82) is 0 Å². The predicted molar refractivity (Wildman–Crippen MR) is 182 cm³/mol. The van der Waals surface area contributed by atoms with Crippen LogP contribution < -0.4 is 21.3 Å². The average Bonchev–Trinajstić information content (AvgIpc) is 3.00. The lowest BCUT2D eigenvalue weighted by Gasteiger charge is -2.32. The number of ether oxygens (including phenoxy) is 1. The third-order valence-electron chi connectivity index (χ3n) is 8.03. The normalized spacial score (nSPS) is 18.7. The smallest absolute Gasteiger partial charge is 0.408 e. The number of likely N-dealkylation sites (N-methyl/N-ethyl adjacent to an activating group) is 1. The molecule has 3 rings (SSSR count). The molecule has 1 unspecified atom stereocenters. The van der Waals surface area contributed by atoms with Crippen LogP contribution in [0.2, 0.25) is 0 Å². The minimum Gasteiger partial charge on any atom is -0.508 e. The van der Waals surface area contributed by atoms with E-state index in [0.29, 0.717) is 23.1 Å². The van der Waals surface area contributed by atoms with Crippen LogP contribution >= 0.6 is 0 Å². The van der Waals surface area contributed by atoms with Crippen molar-refractivity contribution in [2.75, 3.05) is 20.1 Å². The van der Waals surface area contributed by atoms with Gasteiger partial charge >= 0.3 is 6.09 Å². The molecule has 1 saturated heterocycles. The van der Waals surface area contributed by atoms with Gasteiger partial charge in [0.05, 0.1) is 0 Å². The molecule has 3 atom stereocenters. The number of halogens is 1. The summed E-state index contributed by atoms with van der Waals surface area (Å²) in [6.07, 6.45) is -0.277. The van der Waals surface area contributed by atoms with E-state index in [4.69, 9.17) is 4.74 Å². The molecule has 49 heavy (non-hydrogen) atoms. The first kappa shape index (κ1) is 38.8. The van der Waals surface area contributed by atoms with Crippen molar-refractivity contribution in [1.82, 2.24) is 26.2 Å². The van der Waals surface area contributed by atoms with Gasteiger partial charge in [0, 0.05) is 39.4 Å². The Hall–Kier alpha value is -4.68. The molecular formula is C36H50FN5O7. The number of carbonyl (C=O) groups is 5. The van der Waals surface area contributed by atoms with Crippen LogP contribution in [0.25, 0.3) is 0 Å². The van der Waals surface area contributed by atoms with E-state index in [9.17, 15) is 33.5 Å². The van der Waals surface area contributed by atoms with E-state index in [0.717, 1.165) is 0 Å². The van der Waals surface area contributed by atoms with Crippen molar-refractivity contribution in [2.24, 2.45) is 0 Å². The van der Waals surface area contributed by atoms with Gasteiger partial charge in [-0.05, 0) is 73.9 Å². The quantitative estimate of drug-likeness (QED) is 0.299. The summed E-state index contributed by atoms with van der Waals surface area (Å²) in [5.74, 6) is -2.35. The number of alkyl carbamates (subject to hydrolysis) is 1. The number of amides is 5. The summed E-state index contributed by atoms with van der Waals surface area (Å²) in [5, 5.41) is 21.4. The number of rotatable bonds is 7. The molecule has 0 spiro atoms. The SMILES string of the molecule is CN(C(=O)[C@H](Cc1ccc(F)cc1)NC(=O)OC(C)(C)C)[C@H]1CCCNC(=O)CCNC(=O)C(Cc2ccc(O)c(C(C)(C)C)c2)NC1=O. The van der Waals surface area contributed by atoms with Crippen molar-refractivity contribution in [3.8, 4) is 5.75 Å². The van der Waals surface area contributed by atoms with Crippen LogP contribution in [0.4, 0.5) is 9.18 Å². The molecule has 13 heteroatoms. The van der Waals surface area contributed by atoms with Crippen molar-refractivity contribution < 1.29 is 38.2 Å². The molecule has 5 N–H and O–H groups in total. The standard InChI is InChI=1S/C36H50FN5O7/c1-35(2,3)25-19-23(12-15-29(25)43)21-26-31(45)39-18-16-30(44)38-17-8-9-28(32(46)40-26)42(7)33(47)27(41-34(48)49-36(4,5)6)20-22-10-13-24(37)14-11-22/h10-15,19,26-28,43H,8-9,16-18,20-21H2,1-7H3,(H,38,44)(H,39,45)(H,40,46)(H,41,48)/t26?,27-,28-/m0/s1. The molecule has 0 aliphatic carbocycles. The zero-order valence-corrected chi connectivity index (χ0v) is 29.4. The fraction of sp³-hybridized carbons (Fsp3) is 0.528. The molecule has 5 amide bonds. The molecule has 268 valence electrons. The van der Waals surface area contributed by atoms with Crippen LogP contribution in [0.1, 0.15) is 77.5 Å². The Kier molecular flexibility index (Phi) is 13.2. The summed E-state index contributed by atoms with van der Waals surface area (Å²) < 4.78 is 19.0. The maximum atomic E-state index is 14.1. The highest BCUT2D eigenvalue weighted by atomic mass is 19.1. The van der Waals surface area contributed by atoms with E-state index in [1.807, 2.05) is 20.8 Å². The topological polar surface area (TPSA) is 166 Å². The maximum Gasteiger partial charge on any atom is 0.408 e. The second-order valence-corrected chi connectivity index (χ2v) is 14.4. The number of carbonyl (C=O) groups excluding carboxylic acids is 5. The van der Waals surface area contributed by atoms with E-state index in [2.05, 4.69) is 21.3 Å². The van der Waals surface area contributed by atoms with Crippen LogP contribution in [0.3, 0.4) is 0 Å². The molecule has 2 aromatic carbocycles. The molecule has 1 heterocycles. The second kappa shape index (κ2) is 16.6. The van der Waals surface area contributed by atoms with Crippen molar-refractivity contribution >= 4 is 29.7 Å². The van der Waals surface area contributed by atoms with Crippen LogP contribution in [-0.4, -0.2) is 83.6 Å². The number of nitrogens with zero attached hydrogens (tertiary/aromatic N) is 1. The second-order valence-electron chi connectivity index (χ2n) is 14.4. The van der Waals surface area contributed by atoms with Crippen LogP contribution in [-0.2, 0) is 42.2 Å². The summed E-state index contributed by atoms with van der Waals surface area (Å²) in [6.45, 7) is 11.2. The average molecular weight is 684 g/mol. The predicted octanol–water partition coefficient (Wildman–Crippen LogP) is 3.24. The number of hydrogen-bond donors (Lipinski definition) is 5. The van der Waals surface area contributed by atoms with Crippen LogP contribution in [0, 0.1) is 5.82 Å². The van der Waals surface area contributed by atoms with Gasteiger partial charge < -0.3 is 36.0 Å². The Bertz CT molecular complexity index is 1500. The minimum atomic E-state index is -1.19. The van der Waals surface area contributed by atoms with Crippen LogP contribution in [0.5, 0.6) is 5.75 Å². The van der Waals surface area contributed by atoms with E-state index >= 15 is 0 Å². The van der Waals surface area contributed by atoms with Gasteiger partial charge in [0.2, 0.25) is 23.6 Å². The summed E-state index contributed by atoms with van der Waals surface area (Å²) in [5.41, 5.74) is 0.677. The number of hydrogen-bond acceptors (Lipinski definition) is 7. The molecule has 0 aromatic heterocycles. The number of benzene rings is 2. The van der Waals surface area contributed by atoms with E-state index in [1.54, 1.807) is 39.0 Å². The van der Waals surface area contributed by atoms with Gasteiger partial charge in [-0.1, -0.05) is 45.0 Å². The highest BCUT2D eigenvalue weighted by Crippen LogP contribution is 2.31. The fourth-order valence-electron chi connectivity index (χ4n) is 5.46. The molecule has 2 aromatic rings. The summed E-state index contributed by atoms with van der Waals surface area (Å²) >= 11 is 0. The Morgan fingerprint density at radius 3 is 2.27 bits per heavy atom. The van der Waals surface area contributed by atoms with Crippen molar-refractivity contribution in [3.63, 3.8) is 0 Å². The van der Waals surface area contributed by atoms with Gasteiger partial charge in [0.25, 0.3) is 0 Å². The number of nitrogens with one attached hydrogen (secondary N) is 4. The van der Waals surface area contributed by atoms with E-state index < -0.39 is 58.8 Å². The maximum absolute atomic E-state index is 14.1. The zero-order valence-electron chi connectivity index (χ0n) is 29.4. The lowest BCUT2D eigenvalue weighted by Crippen LogP contribution is -2.58. The molecule has 0 saturated carbocycles. The van der Waals surface area contributed by atoms with Gasteiger partial charge in [-0.25, -0.2) is 9.18 Å². The lowest BCUT2D eigenvalue weighted by atomic mass is 9.84. The summed E-state index contributed by atoms with van der Waals surface area (Å²) in [4.78, 5) is 67.9. The molecule has 1 aliphatic heterocycles. The monoisotopic (exact) mass is 683 g/mol. The van der Waals surface area contributed by atoms with E-state index in [1.165, 1.54) is 36.2 Å². The lowest BCUT2D eigenvalue weighted by molar-refractivity contribution is -0.141. The number of phenols is 1. The highest BCUT2D eigenvalue weighted by Gasteiger charge is 2.35.